The number of carbonyl (C=O) groups is 3. The monoisotopic (exact) mass is 505 g/mol. The molecule has 36 heavy (non-hydrogen) atoms. The van der Waals surface area contributed by atoms with Crippen molar-refractivity contribution in [2.24, 2.45) is 0 Å². The Morgan fingerprint density at radius 1 is 1.17 bits per heavy atom. The topological polar surface area (TPSA) is 107 Å². The lowest BCUT2D eigenvalue weighted by Crippen LogP contribution is -2.49. The molecule has 3 amide bonds. The predicted octanol–water partition coefficient (Wildman–Crippen LogP) is 4.11. The zero-order valence-electron chi connectivity index (χ0n) is 19.5. The molecule has 2 aromatic carbocycles. The van der Waals surface area contributed by atoms with Crippen molar-refractivity contribution in [3.8, 4) is 0 Å². The Hall–Kier alpha value is -4.05. The van der Waals surface area contributed by atoms with Crippen LogP contribution in [0.4, 0.5) is 10.1 Å². The number of H-pyrrole nitrogens is 1. The first kappa shape index (κ1) is 23.7. The highest BCUT2D eigenvalue weighted by atomic mass is 32.1. The number of carbonyl (C=O) groups excluding carboxylic acids is 3. The quantitative estimate of drug-likeness (QED) is 0.367. The SMILES string of the molecule is CC[C@@H](NC(=O)c1ccc2[nH]ncc2c1)C(=O)N1CCc2sc(C(=O)Nc3cccc(F)c3)cc2C1. The number of hydrogen-bond donors (Lipinski definition) is 3. The molecule has 2 aromatic heterocycles. The summed E-state index contributed by atoms with van der Waals surface area (Å²) in [5.41, 5.74) is 2.59. The minimum atomic E-state index is -0.659. The van der Waals surface area contributed by atoms with Crippen LogP contribution in [0.2, 0.25) is 0 Å². The highest BCUT2D eigenvalue weighted by molar-refractivity contribution is 7.14. The minimum Gasteiger partial charge on any atom is -0.340 e. The second-order valence-corrected chi connectivity index (χ2v) is 9.78. The molecule has 0 unspecified atom stereocenters. The third-order valence-corrected chi connectivity index (χ3v) is 7.43. The van der Waals surface area contributed by atoms with Crippen LogP contribution in [0.3, 0.4) is 0 Å². The number of rotatable bonds is 6. The fraction of sp³-hybridized carbons (Fsp3) is 0.231. The van der Waals surface area contributed by atoms with E-state index in [1.165, 1.54) is 29.5 Å². The van der Waals surface area contributed by atoms with E-state index in [0.717, 1.165) is 21.3 Å². The van der Waals surface area contributed by atoms with Gasteiger partial charge in [0.15, 0.2) is 0 Å². The van der Waals surface area contributed by atoms with E-state index >= 15 is 0 Å². The van der Waals surface area contributed by atoms with Gasteiger partial charge in [0.1, 0.15) is 11.9 Å². The molecule has 0 aliphatic carbocycles. The summed E-state index contributed by atoms with van der Waals surface area (Å²) in [5, 5.41) is 13.2. The average Bonchev–Trinajstić information content (AvgIpc) is 3.52. The third-order valence-electron chi connectivity index (χ3n) is 6.20. The molecular formula is C26H24FN5O3S. The van der Waals surface area contributed by atoms with Crippen LogP contribution in [0.15, 0.2) is 54.7 Å². The summed E-state index contributed by atoms with van der Waals surface area (Å²) in [4.78, 5) is 42.1. The number of anilines is 1. The van der Waals surface area contributed by atoms with Gasteiger partial charge < -0.3 is 15.5 Å². The van der Waals surface area contributed by atoms with Crippen LogP contribution in [-0.4, -0.2) is 45.4 Å². The van der Waals surface area contributed by atoms with Gasteiger partial charge in [0.25, 0.3) is 11.8 Å². The number of thiophene rings is 1. The van der Waals surface area contributed by atoms with Crippen LogP contribution >= 0.6 is 11.3 Å². The Bertz CT molecular complexity index is 1460. The van der Waals surface area contributed by atoms with Crippen LogP contribution in [0.1, 0.15) is 43.8 Å². The fourth-order valence-corrected chi connectivity index (χ4v) is 5.33. The maximum absolute atomic E-state index is 13.4. The second-order valence-electron chi connectivity index (χ2n) is 8.64. The lowest BCUT2D eigenvalue weighted by molar-refractivity contribution is -0.134. The smallest absolute Gasteiger partial charge is 0.265 e. The maximum Gasteiger partial charge on any atom is 0.265 e. The molecule has 4 aromatic rings. The van der Waals surface area contributed by atoms with Crippen LogP contribution in [0, 0.1) is 5.82 Å². The molecule has 0 fully saturated rings. The van der Waals surface area contributed by atoms with Gasteiger partial charge in [-0.3, -0.25) is 19.5 Å². The van der Waals surface area contributed by atoms with Crippen LogP contribution in [0.25, 0.3) is 10.9 Å². The van der Waals surface area contributed by atoms with E-state index in [2.05, 4.69) is 20.8 Å². The number of nitrogens with zero attached hydrogens (tertiary/aromatic N) is 2. The zero-order valence-corrected chi connectivity index (χ0v) is 20.3. The molecule has 3 N–H and O–H groups in total. The van der Waals surface area contributed by atoms with Gasteiger partial charge in [-0.25, -0.2) is 4.39 Å². The summed E-state index contributed by atoms with van der Waals surface area (Å²) in [6.07, 6.45) is 2.72. The molecule has 1 aliphatic rings. The molecule has 0 bridgehead atoms. The van der Waals surface area contributed by atoms with E-state index < -0.39 is 11.9 Å². The lowest BCUT2D eigenvalue weighted by atomic mass is 10.1. The first-order valence-corrected chi connectivity index (χ1v) is 12.4. The van der Waals surface area contributed by atoms with E-state index in [1.807, 2.05) is 6.92 Å². The van der Waals surface area contributed by atoms with Gasteiger partial charge in [-0.1, -0.05) is 13.0 Å². The summed E-state index contributed by atoms with van der Waals surface area (Å²) in [5.74, 6) is -1.21. The Kier molecular flexibility index (Phi) is 6.51. The predicted molar refractivity (Wildman–Crippen MR) is 135 cm³/mol. The van der Waals surface area contributed by atoms with Gasteiger partial charge in [0, 0.05) is 34.6 Å². The van der Waals surface area contributed by atoms with Crippen LogP contribution in [-0.2, 0) is 17.8 Å². The van der Waals surface area contributed by atoms with Crippen molar-refractivity contribution in [3.63, 3.8) is 0 Å². The average molecular weight is 506 g/mol. The van der Waals surface area contributed by atoms with E-state index in [9.17, 15) is 18.8 Å². The standard InChI is InChI=1S/C26H24FN5O3S/c1-2-20(30-24(33)15-6-7-21-16(10-15)13-28-31-21)26(35)32-9-8-22-17(14-32)11-23(36-22)25(34)29-19-5-3-4-18(27)12-19/h3-7,10-13,20H,2,8-9,14H2,1H3,(H,28,31)(H,29,34)(H,30,33)/t20-/m1/s1. The molecule has 184 valence electrons. The summed E-state index contributed by atoms with van der Waals surface area (Å²) in [6, 6.07) is 12.1. The summed E-state index contributed by atoms with van der Waals surface area (Å²) < 4.78 is 13.4. The number of benzene rings is 2. The number of aromatic nitrogens is 2. The van der Waals surface area contributed by atoms with Gasteiger partial charge >= 0.3 is 0 Å². The first-order chi connectivity index (χ1) is 17.4. The maximum atomic E-state index is 13.4. The van der Waals surface area contributed by atoms with Crippen molar-refractivity contribution in [1.82, 2.24) is 20.4 Å². The molecule has 8 nitrogen and oxygen atoms in total. The van der Waals surface area contributed by atoms with Crippen molar-refractivity contribution in [2.45, 2.75) is 32.4 Å². The number of nitrogens with one attached hydrogen (secondary N) is 3. The molecule has 1 atom stereocenters. The number of amides is 3. The molecule has 0 saturated heterocycles. The molecule has 0 radical (unpaired) electrons. The normalized spacial score (nSPS) is 13.8. The second kappa shape index (κ2) is 9.90. The summed E-state index contributed by atoms with van der Waals surface area (Å²) in [6.45, 7) is 2.73. The van der Waals surface area contributed by atoms with Crippen molar-refractivity contribution in [1.29, 1.82) is 0 Å². The van der Waals surface area contributed by atoms with Crippen molar-refractivity contribution in [3.05, 3.63) is 81.4 Å². The number of aromatic amines is 1. The van der Waals surface area contributed by atoms with Crippen LogP contribution in [0.5, 0.6) is 0 Å². The molecule has 0 spiro atoms. The first-order valence-electron chi connectivity index (χ1n) is 11.6. The third kappa shape index (κ3) is 4.85. The Balaban J connectivity index is 1.24. The molecule has 0 saturated carbocycles. The zero-order chi connectivity index (χ0) is 25.2. The summed E-state index contributed by atoms with van der Waals surface area (Å²) in [7, 11) is 0. The Morgan fingerprint density at radius 3 is 2.83 bits per heavy atom. The van der Waals surface area contributed by atoms with Crippen molar-refractivity contribution < 1.29 is 18.8 Å². The minimum absolute atomic E-state index is 0.155. The number of halogens is 1. The summed E-state index contributed by atoms with van der Waals surface area (Å²) >= 11 is 1.38. The molecule has 5 rings (SSSR count). The lowest BCUT2D eigenvalue weighted by Gasteiger charge is -2.30. The Morgan fingerprint density at radius 2 is 2.03 bits per heavy atom. The van der Waals surface area contributed by atoms with Gasteiger partial charge in [-0.15, -0.1) is 11.3 Å². The van der Waals surface area contributed by atoms with E-state index in [4.69, 9.17) is 0 Å². The van der Waals surface area contributed by atoms with Gasteiger partial charge in [0.2, 0.25) is 5.91 Å². The van der Waals surface area contributed by atoms with Crippen molar-refractivity contribution >= 4 is 45.6 Å². The van der Waals surface area contributed by atoms with E-state index in [0.29, 0.717) is 42.1 Å². The fourth-order valence-electron chi connectivity index (χ4n) is 4.28. The molecular weight excluding hydrogens is 481 g/mol. The molecule has 10 heteroatoms. The van der Waals surface area contributed by atoms with Gasteiger partial charge in [0.05, 0.1) is 16.6 Å². The molecule has 1 aliphatic heterocycles. The van der Waals surface area contributed by atoms with Gasteiger partial charge in [-0.2, -0.15) is 5.10 Å². The number of fused-ring (bicyclic) bond motifs is 2. The number of hydrogen-bond acceptors (Lipinski definition) is 5. The highest BCUT2D eigenvalue weighted by Gasteiger charge is 2.29. The van der Waals surface area contributed by atoms with E-state index in [1.54, 1.807) is 41.4 Å². The van der Waals surface area contributed by atoms with Crippen LogP contribution < -0.4 is 10.6 Å². The van der Waals surface area contributed by atoms with Gasteiger partial charge in [-0.05, 0) is 60.9 Å². The van der Waals surface area contributed by atoms with Crippen molar-refractivity contribution in [2.75, 3.05) is 11.9 Å². The largest absolute Gasteiger partial charge is 0.340 e. The Labute approximate surface area is 210 Å². The van der Waals surface area contributed by atoms with E-state index in [-0.39, 0.29) is 17.7 Å². The highest BCUT2D eigenvalue weighted by Crippen LogP contribution is 2.29. The molecule has 3 heterocycles.